The molecule has 0 fully saturated rings. The van der Waals surface area contributed by atoms with Crippen LogP contribution in [0.25, 0.3) is 0 Å². The summed E-state index contributed by atoms with van der Waals surface area (Å²) in [7, 11) is 0. The van der Waals surface area contributed by atoms with Crippen LogP contribution in [0.15, 0.2) is 10.9 Å². The molecule has 100 valence electrons. The molecule has 0 aliphatic carbocycles. The van der Waals surface area contributed by atoms with Gasteiger partial charge in [-0.25, -0.2) is 14.6 Å². The van der Waals surface area contributed by atoms with Crippen molar-refractivity contribution in [3.8, 4) is 0 Å². The molecular formula is C11H17N3O3S. The highest BCUT2D eigenvalue weighted by Gasteiger charge is 2.32. The fourth-order valence-corrected chi connectivity index (χ4v) is 1.88. The van der Waals surface area contributed by atoms with Gasteiger partial charge in [0.1, 0.15) is 6.04 Å². The van der Waals surface area contributed by atoms with Crippen LogP contribution >= 0.6 is 11.3 Å². The predicted octanol–water partition coefficient (Wildman–Crippen LogP) is 1.44. The molecule has 7 heteroatoms. The second-order valence-electron chi connectivity index (χ2n) is 4.94. The highest BCUT2D eigenvalue weighted by molar-refractivity contribution is 7.07. The number of urea groups is 1. The highest BCUT2D eigenvalue weighted by atomic mass is 32.1. The number of carboxylic acid groups (broad SMARTS) is 1. The van der Waals surface area contributed by atoms with E-state index in [0.29, 0.717) is 0 Å². The zero-order valence-corrected chi connectivity index (χ0v) is 11.4. The third-order valence-corrected chi connectivity index (χ3v) is 2.94. The van der Waals surface area contributed by atoms with E-state index in [0.717, 1.165) is 5.69 Å². The van der Waals surface area contributed by atoms with Gasteiger partial charge in [0.2, 0.25) is 0 Å². The molecule has 1 rings (SSSR count). The van der Waals surface area contributed by atoms with E-state index in [1.54, 1.807) is 26.3 Å². The number of carbonyl (C=O) groups is 2. The van der Waals surface area contributed by atoms with Gasteiger partial charge in [-0.05, 0) is 5.41 Å². The van der Waals surface area contributed by atoms with Crippen molar-refractivity contribution in [3.05, 3.63) is 16.6 Å². The highest BCUT2D eigenvalue weighted by Crippen LogP contribution is 2.19. The van der Waals surface area contributed by atoms with Crippen molar-refractivity contribution in [3.63, 3.8) is 0 Å². The van der Waals surface area contributed by atoms with Crippen molar-refractivity contribution in [2.45, 2.75) is 33.4 Å². The van der Waals surface area contributed by atoms with Crippen LogP contribution in [0.2, 0.25) is 0 Å². The topological polar surface area (TPSA) is 91.3 Å². The summed E-state index contributed by atoms with van der Waals surface area (Å²) in [5.74, 6) is -1.05. The molecule has 1 aromatic heterocycles. The fraction of sp³-hybridized carbons (Fsp3) is 0.545. The summed E-state index contributed by atoms with van der Waals surface area (Å²) in [5, 5.41) is 15.9. The van der Waals surface area contributed by atoms with Crippen molar-refractivity contribution in [1.29, 1.82) is 0 Å². The van der Waals surface area contributed by atoms with Crippen molar-refractivity contribution < 1.29 is 14.7 Å². The van der Waals surface area contributed by atoms with Gasteiger partial charge in [-0.1, -0.05) is 20.8 Å². The molecule has 0 saturated carbocycles. The zero-order chi connectivity index (χ0) is 13.8. The zero-order valence-electron chi connectivity index (χ0n) is 10.6. The molecule has 0 saturated heterocycles. The Hall–Kier alpha value is -1.63. The van der Waals surface area contributed by atoms with Crippen LogP contribution in [0, 0.1) is 5.41 Å². The van der Waals surface area contributed by atoms with E-state index in [1.807, 2.05) is 5.38 Å². The van der Waals surface area contributed by atoms with Gasteiger partial charge in [-0.15, -0.1) is 11.3 Å². The molecule has 0 aliphatic rings. The first-order chi connectivity index (χ1) is 8.30. The number of aromatic nitrogens is 1. The van der Waals surface area contributed by atoms with Crippen LogP contribution in [-0.2, 0) is 11.3 Å². The average molecular weight is 271 g/mol. The van der Waals surface area contributed by atoms with Crippen LogP contribution in [0.1, 0.15) is 26.5 Å². The van der Waals surface area contributed by atoms with Crippen molar-refractivity contribution in [1.82, 2.24) is 15.6 Å². The van der Waals surface area contributed by atoms with E-state index in [9.17, 15) is 9.59 Å². The lowest BCUT2D eigenvalue weighted by Crippen LogP contribution is -2.52. The first kappa shape index (κ1) is 14.4. The minimum Gasteiger partial charge on any atom is -0.480 e. The fourth-order valence-electron chi connectivity index (χ4n) is 1.33. The van der Waals surface area contributed by atoms with E-state index >= 15 is 0 Å². The number of carboxylic acids is 1. The molecular weight excluding hydrogens is 254 g/mol. The number of thiazole rings is 1. The number of hydrogen-bond donors (Lipinski definition) is 3. The Morgan fingerprint density at radius 2 is 2.17 bits per heavy atom. The van der Waals surface area contributed by atoms with Gasteiger partial charge in [0.05, 0.1) is 17.7 Å². The summed E-state index contributed by atoms with van der Waals surface area (Å²) in [6, 6.07) is -1.45. The molecule has 0 spiro atoms. The Morgan fingerprint density at radius 3 is 2.61 bits per heavy atom. The minimum atomic E-state index is -1.05. The lowest BCUT2D eigenvalue weighted by Gasteiger charge is -2.27. The van der Waals surface area contributed by atoms with Gasteiger partial charge in [0.15, 0.2) is 0 Å². The SMILES string of the molecule is CC(C)(C)[C@@H](NC(=O)NCc1cscn1)C(=O)O. The predicted molar refractivity (Wildman–Crippen MR) is 68.4 cm³/mol. The number of hydrogen-bond acceptors (Lipinski definition) is 4. The lowest BCUT2D eigenvalue weighted by molar-refractivity contribution is -0.141. The van der Waals surface area contributed by atoms with E-state index in [4.69, 9.17) is 5.11 Å². The number of nitrogens with one attached hydrogen (secondary N) is 2. The molecule has 1 aromatic rings. The van der Waals surface area contributed by atoms with Crippen LogP contribution in [-0.4, -0.2) is 28.1 Å². The maximum Gasteiger partial charge on any atom is 0.326 e. The Bertz CT molecular complexity index is 412. The van der Waals surface area contributed by atoms with Gasteiger partial charge in [0, 0.05) is 5.38 Å². The van der Waals surface area contributed by atoms with Crippen molar-refractivity contribution in [2.24, 2.45) is 5.41 Å². The van der Waals surface area contributed by atoms with Crippen molar-refractivity contribution >= 4 is 23.3 Å². The number of aliphatic carboxylic acids is 1. The second kappa shape index (κ2) is 5.81. The van der Waals surface area contributed by atoms with Gasteiger partial charge in [0.25, 0.3) is 0 Å². The average Bonchev–Trinajstić information content (AvgIpc) is 2.73. The summed E-state index contributed by atoms with van der Waals surface area (Å²) in [6.45, 7) is 5.55. The molecule has 1 heterocycles. The standard InChI is InChI=1S/C11H17N3O3S/c1-11(2,3)8(9(15)16)14-10(17)12-4-7-5-18-6-13-7/h5-6,8H,4H2,1-3H3,(H,15,16)(H2,12,14,17)/t8-/m0/s1. The first-order valence-corrected chi connectivity index (χ1v) is 6.39. The Labute approximate surface area is 109 Å². The van der Waals surface area contributed by atoms with Crippen molar-refractivity contribution in [2.75, 3.05) is 0 Å². The summed E-state index contributed by atoms with van der Waals surface area (Å²) in [5.41, 5.74) is 1.87. The lowest BCUT2D eigenvalue weighted by atomic mass is 9.87. The molecule has 0 bridgehead atoms. The Kier molecular flexibility index (Phi) is 4.66. The number of rotatable bonds is 4. The summed E-state index contributed by atoms with van der Waals surface area (Å²) >= 11 is 1.44. The van der Waals surface area contributed by atoms with E-state index < -0.39 is 23.5 Å². The van der Waals surface area contributed by atoms with E-state index in [2.05, 4.69) is 15.6 Å². The van der Waals surface area contributed by atoms with Gasteiger partial charge >= 0.3 is 12.0 Å². The Morgan fingerprint density at radius 1 is 1.50 bits per heavy atom. The normalized spacial score (nSPS) is 12.8. The Balaban J connectivity index is 2.49. The number of nitrogens with zero attached hydrogens (tertiary/aromatic N) is 1. The molecule has 0 radical (unpaired) electrons. The molecule has 2 amide bonds. The number of amides is 2. The summed E-state index contributed by atoms with van der Waals surface area (Å²) < 4.78 is 0. The smallest absolute Gasteiger partial charge is 0.326 e. The summed E-state index contributed by atoms with van der Waals surface area (Å²) in [6.07, 6.45) is 0. The van der Waals surface area contributed by atoms with Gasteiger partial charge in [-0.2, -0.15) is 0 Å². The third kappa shape index (κ3) is 4.33. The van der Waals surface area contributed by atoms with Crippen LogP contribution in [0.4, 0.5) is 4.79 Å². The molecule has 0 aliphatic heterocycles. The van der Waals surface area contributed by atoms with Gasteiger partial charge < -0.3 is 15.7 Å². The third-order valence-electron chi connectivity index (χ3n) is 2.30. The molecule has 18 heavy (non-hydrogen) atoms. The minimum absolute atomic E-state index is 0.284. The molecule has 1 atom stereocenters. The van der Waals surface area contributed by atoms with Crippen LogP contribution in [0.5, 0.6) is 0 Å². The maximum absolute atomic E-state index is 11.6. The van der Waals surface area contributed by atoms with Crippen LogP contribution < -0.4 is 10.6 Å². The molecule has 0 unspecified atom stereocenters. The van der Waals surface area contributed by atoms with Gasteiger partial charge in [-0.3, -0.25) is 0 Å². The van der Waals surface area contributed by atoms with E-state index in [1.165, 1.54) is 11.3 Å². The monoisotopic (exact) mass is 271 g/mol. The van der Waals surface area contributed by atoms with Crippen LogP contribution in [0.3, 0.4) is 0 Å². The largest absolute Gasteiger partial charge is 0.480 e. The summed E-state index contributed by atoms with van der Waals surface area (Å²) in [4.78, 5) is 26.7. The number of carbonyl (C=O) groups excluding carboxylic acids is 1. The maximum atomic E-state index is 11.6. The quantitative estimate of drug-likeness (QED) is 0.772. The molecule has 0 aromatic carbocycles. The van der Waals surface area contributed by atoms with E-state index in [-0.39, 0.29) is 6.54 Å². The molecule has 6 nitrogen and oxygen atoms in total. The molecule has 3 N–H and O–H groups in total. The second-order valence-corrected chi connectivity index (χ2v) is 5.66. The first-order valence-electron chi connectivity index (χ1n) is 5.45.